The highest BCUT2D eigenvalue weighted by atomic mass is 35.5. The number of carbonyl (C=O) groups is 1. The predicted molar refractivity (Wildman–Crippen MR) is 85.8 cm³/mol. The van der Waals surface area contributed by atoms with Crippen LogP contribution in [0, 0.1) is 0 Å². The first-order chi connectivity index (χ1) is 10.8. The van der Waals surface area contributed by atoms with Crippen molar-refractivity contribution in [2.45, 2.75) is 6.54 Å². The predicted octanol–water partition coefficient (Wildman–Crippen LogP) is 3.53. The van der Waals surface area contributed by atoms with Gasteiger partial charge in [-0.25, -0.2) is 4.79 Å². The lowest BCUT2D eigenvalue weighted by molar-refractivity contribution is -0.665. The molecular formula is C18H15ClNO2+. The molecule has 3 aromatic rings. The van der Waals surface area contributed by atoms with Gasteiger partial charge in [-0.15, -0.1) is 0 Å². The van der Waals surface area contributed by atoms with E-state index in [0.29, 0.717) is 12.2 Å². The number of para-hydroxylation sites is 1. The standard InChI is InChI=1S/C18H15ClNO2/c19-13-22-18(21)17-11-10-15-8-4-5-9-16(15)20(17)12-14-6-2-1-3-7-14/h1-11H,12-13H2/q+1. The average Bonchev–Trinajstić information content (AvgIpc) is 2.56. The number of benzene rings is 2. The van der Waals surface area contributed by atoms with Crippen LogP contribution in [0.15, 0.2) is 66.7 Å². The van der Waals surface area contributed by atoms with Gasteiger partial charge in [0.15, 0.2) is 12.6 Å². The Morgan fingerprint density at radius 3 is 2.45 bits per heavy atom. The zero-order chi connectivity index (χ0) is 15.4. The van der Waals surface area contributed by atoms with Gasteiger partial charge in [-0.1, -0.05) is 54.1 Å². The summed E-state index contributed by atoms with van der Waals surface area (Å²) in [6.07, 6.45) is 0. The van der Waals surface area contributed by atoms with Crippen LogP contribution in [0.1, 0.15) is 16.1 Å². The largest absolute Gasteiger partial charge is 0.441 e. The van der Waals surface area contributed by atoms with E-state index >= 15 is 0 Å². The summed E-state index contributed by atoms with van der Waals surface area (Å²) < 4.78 is 6.92. The van der Waals surface area contributed by atoms with Gasteiger partial charge in [0.05, 0.1) is 0 Å². The summed E-state index contributed by atoms with van der Waals surface area (Å²) >= 11 is 5.52. The van der Waals surface area contributed by atoms with E-state index in [9.17, 15) is 4.79 Å². The molecule has 0 aliphatic carbocycles. The van der Waals surface area contributed by atoms with Crippen molar-refractivity contribution < 1.29 is 14.1 Å². The number of rotatable bonds is 4. The lowest BCUT2D eigenvalue weighted by Gasteiger charge is -2.07. The summed E-state index contributed by atoms with van der Waals surface area (Å²) in [7, 11) is 0. The normalized spacial score (nSPS) is 10.6. The smallest absolute Gasteiger partial charge is 0.404 e. The fourth-order valence-electron chi connectivity index (χ4n) is 2.50. The molecule has 0 unspecified atom stereocenters. The van der Waals surface area contributed by atoms with E-state index in [1.807, 2.05) is 65.2 Å². The minimum Gasteiger partial charge on any atom is -0.441 e. The third kappa shape index (κ3) is 2.95. The number of alkyl halides is 1. The van der Waals surface area contributed by atoms with Crippen molar-refractivity contribution in [2.24, 2.45) is 0 Å². The van der Waals surface area contributed by atoms with Crippen LogP contribution in [0.3, 0.4) is 0 Å². The van der Waals surface area contributed by atoms with Crippen molar-refractivity contribution in [3.05, 3.63) is 78.0 Å². The highest BCUT2D eigenvalue weighted by molar-refractivity contribution is 6.17. The number of fused-ring (bicyclic) bond motifs is 1. The van der Waals surface area contributed by atoms with Crippen molar-refractivity contribution >= 4 is 28.5 Å². The van der Waals surface area contributed by atoms with Crippen molar-refractivity contribution in [3.8, 4) is 0 Å². The molecule has 3 rings (SSSR count). The summed E-state index contributed by atoms with van der Waals surface area (Å²) in [4.78, 5) is 12.2. The van der Waals surface area contributed by atoms with Gasteiger partial charge in [0.1, 0.15) is 0 Å². The van der Waals surface area contributed by atoms with E-state index in [2.05, 4.69) is 0 Å². The van der Waals surface area contributed by atoms with Crippen LogP contribution in [0.5, 0.6) is 0 Å². The monoisotopic (exact) mass is 312 g/mol. The maximum atomic E-state index is 12.2. The van der Waals surface area contributed by atoms with Crippen molar-refractivity contribution in [1.29, 1.82) is 0 Å². The molecule has 1 aromatic heterocycles. The van der Waals surface area contributed by atoms with E-state index < -0.39 is 5.97 Å². The number of pyridine rings is 1. The maximum absolute atomic E-state index is 12.2. The molecule has 22 heavy (non-hydrogen) atoms. The average molecular weight is 313 g/mol. The molecule has 0 radical (unpaired) electrons. The van der Waals surface area contributed by atoms with Gasteiger partial charge >= 0.3 is 5.97 Å². The molecule has 0 amide bonds. The first-order valence-electron chi connectivity index (χ1n) is 6.98. The number of hydrogen-bond donors (Lipinski definition) is 0. The van der Waals surface area contributed by atoms with Crippen LogP contribution >= 0.6 is 11.6 Å². The van der Waals surface area contributed by atoms with Crippen LogP contribution in [-0.4, -0.2) is 12.0 Å². The van der Waals surface area contributed by atoms with Gasteiger partial charge < -0.3 is 4.74 Å². The summed E-state index contributed by atoms with van der Waals surface area (Å²) in [6, 6.07) is 21.5. The van der Waals surface area contributed by atoms with E-state index in [4.69, 9.17) is 16.3 Å². The van der Waals surface area contributed by atoms with Crippen LogP contribution < -0.4 is 4.57 Å². The molecule has 0 fully saturated rings. The fourth-order valence-corrected chi connectivity index (χ4v) is 2.60. The molecule has 2 aromatic carbocycles. The Kier molecular flexibility index (Phi) is 4.35. The molecule has 4 heteroatoms. The summed E-state index contributed by atoms with van der Waals surface area (Å²) in [6.45, 7) is 0.592. The van der Waals surface area contributed by atoms with E-state index in [-0.39, 0.29) is 6.07 Å². The third-order valence-electron chi connectivity index (χ3n) is 3.52. The van der Waals surface area contributed by atoms with E-state index in [0.717, 1.165) is 16.5 Å². The molecule has 0 bridgehead atoms. The van der Waals surface area contributed by atoms with Gasteiger partial charge in [0.25, 0.3) is 5.69 Å². The van der Waals surface area contributed by atoms with Crippen molar-refractivity contribution in [2.75, 3.05) is 6.07 Å². The quantitative estimate of drug-likeness (QED) is 0.419. The van der Waals surface area contributed by atoms with Gasteiger partial charge in [-0.3, -0.25) is 0 Å². The molecular weight excluding hydrogens is 298 g/mol. The number of esters is 1. The van der Waals surface area contributed by atoms with Gasteiger partial charge in [-0.05, 0) is 12.1 Å². The molecule has 0 saturated carbocycles. The second-order valence-corrected chi connectivity index (χ2v) is 5.11. The Labute approximate surface area is 133 Å². The zero-order valence-corrected chi connectivity index (χ0v) is 12.7. The molecule has 0 atom stereocenters. The Balaban J connectivity index is 2.14. The van der Waals surface area contributed by atoms with E-state index in [1.54, 1.807) is 6.07 Å². The second-order valence-electron chi connectivity index (χ2n) is 4.89. The Bertz CT molecular complexity index is 803. The van der Waals surface area contributed by atoms with Gasteiger partial charge in [-0.2, -0.15) is 4.57 Å². The fraction of sp³-hybridized carbons (Fsp3) is 0.111. The molecule has 3 nitrogen and oxygen atoms in total. The SMILES string of the molecule is O=C(OCCl)c1ccc2ccccc2[n+]1Cc1ccccc1. The molecule has 0 aliphatic rings. The topological polar surface area (TPSA) is 30.2 Å². The highest BCUT2D eigenvalue weighted by Crippen LogP contribution is 2.12. The minimum absolute atomic E-state index is 0.156. The number of aromatic nitrogens is 1. The Morgan fingerprint density at radius 2 is 1.68 bits per heavy atom. The molecule has 1 heterocycles. The molecule has 0 N–H and O–H groups in total. The van der Waals surface area contributed by atoms with E-state index in [1.165, 1.54) is 0 Å². The van der Waals surface area contributed by atoms with Crippen LogP contribution in [-0.2, 0) is 11.3 Å². The second kappa shape index (κ2) is 6.58. The molecule has 110 valence electrons. The first kappa shape index (κ1) is 14.5. The third-order valence-corrected chi connectivity index (χ3v) is 3.63. The van der Waals surface area contributed by atoms with Gasteiger partial charge in [0.2, 0.25) is 5.52 Å². The lowest BCUT2D eigenvalue weighted by atomic mass is 10.1. The summed E-state index contributed by atoms with van der Waals surface area (Å²) in [5.41, 5.74) is 2.59. The zero-order valence-electron chi connectivity index (χ0n) is 11.9. The highest BCUT2D eigenvalue weighted by Gasteiger charge is 2.23. The number of nitrogens with zero attached hydrogens (tertiary/aromatic N) is 1. The number of carbonyl (C=O) groups excluding carboxylic acids is 1. The minimum atomic E-state index is -0.420. The molecule has 0 aliphatic heterocycles. The number of hydrogen-bond acceptors (Lipinski definition) is 2. The number of halogens is 1. The van der Waals surface area contributed by atoms with Gasteiger partial charge in [0, 0.05) is 23.1 Å². The van der Waals surface area contributed by atoms with Crippen molar-refractivity contribution in [3.63, 3.8) is 0 Å². The molecule has 0 saturated heterocycles. The lowest BCUT2D eigenvalue weighted by Crippen LogP contribution is -2.42. The Morgan fingerprint density at radius 1 is 0.955 bits per heavy atom. The summed E-state index contributed by atoms with van der Waals surface area (Å²) in [5, 5.41) is 1.07. The molecule has 0 spiro atoms. The van der Waals surface area contributed by atoms with Crippen molar-refractivity contribution in [1.82, 2.24) is 0 Å². The summed E-state index contributed by atoms with van der Waals surface area (Å²) in [5.74, 6) is -0.420. The number of ether oxygens (including phenoxy) is 1. The first-order valence-corrected chi connectivity index (χ1v) is 7.51. The Hall–Kier alpha value is -2.39. The van der Waals surface area contributed by atoms with Crippen LogP contribution in [0.4, 0.5) is 0 Å². The van der Waals surface area contributed by atoms with Crippen LogP contribution in [0.2, 0.25) is 0 Å². The maximum Gasteiger partial charge on any atom is 0.404 e. The van der Waals surface area contributed by atoms with Crippen LogP contribution in [0.25, 0.3) is 10.9 Å².